The van der Waals surface area contributed by atoms with E-state index in [0.717, 1.165) is 0 Å². The van der Waals surface area contributed by atoms with Crippen molar-refractivity contribution in [1.82, 2.24) is 5.32 Å². The predicted octanol–water partition coefficient (Wildman–Crippen LogP) is 6.35. The number of carbonyl (C=O) groups excluding carboxylic acids is 2. The van der Waals surface area contributed by atoms with E-state index in [-0.39, 0.29) is 38.2 Å². The fourth-order valence-corrected chi connectivity index (χ4v) is 4.20. The summed E-state index contributed by atoms with van der Waals surface area (Å²) < 4.78 is 48.0. The molecule has 5 nitrogen and oxygen atoms in total. The molecule has 2 N–H and O–H groups in total. The number of rotatable bonds is 3. The smallest absolute Gasteiger partial charge is 0.432 e. The summed E-state index contributed by atoms with van der Waals surface area (Å²) in [6, 6.07) is 14.7. The molecule has 0 fully saturated rings. The van der Waals surface area contributed by atoms with Crippen molar-refractivity contribution in [1.29, 1.82) is 0 Å². The lowest BCUT2D eigenvalue weighted by molar-refractivity contribution is -0.248. The summed E-state index contributed by atoms with van der Waals surface area (Å²) >= 11 is 11.8. The Hall–Kier alpha value is -3.23. The maximum atomic E-state index is 14.2. The molecule has 1 aliphatic rings. The average molecular weight is 495 g/mol. The van der Waals surface area contributed by atoms with Crippen LogP contribution in [-0.2, 0) is 12.0 Å². The van der Waals surface area contributed by atoms with Crippen molar-refractivity contribution in [2.45, 2.75) is 18.2 Å². The van der Waals surface area contributed by atoms with E-state index in [1.165, 1.54) is 60.7 Å². The molecule has 0 radical (unpaired) electrons. The zero-order valence-electron chi connectivity index (χ0n) is 16.7. The molecule has 170 valence electrons. The minimum Gasteiger partial charge on any atom is -0.472 e. The molecule has 1 atom stereocenters. The van der Waals surface area contributed by atoms with E-state index in [1.807, 2.05) is 0 Å². The maximum Gasteiger partial charge on any atom is 0.432 e. The lowest BCUT2D eigenvalue weighted by Gasteiger charge is -2.31. The zero-order chi connectivity index (χ0) is 23.8. The summed E-state index contributed by atoms with van der Waals surface area (Å²) in [6.45, 7) is 0. The van der Waals surface area contributed by atoms with Gasteiger partial charge in [-0.1, -0.05) is 59.6 Å². The number of ether oxygens (including phenoxy) is 1. The molecule has 0 spiro atoms. The summed E-state index contributed by atoms with van der Waals surface area (Å²) in [7, 11) is 0. The van der Waals surface area contributed by atoms with Gasteiger partial charge < -0.3 is 10.1 Å². The van der Waals surface area contributed by atoms with Gasteiger partial charge in [0.15, 0.2) is 0 Å². The number of alkyl halides is 3. The van der Waals surface area contributed by atoms with Crippen LogP contribution in [0.2, 0.25) is 10.0 Å². The molecule has 0 bridgehead atoms. The van der Waals surface area contributed by atoms with Crippen LogP contribution < -0.4 is 15.4 Å². The average Bonchev–Trinajstić information content (AvgIpc) is 3.14. The van der Waals surface area contributed by atoms with Gasteiger partial charge in [-0.25, -0.2) is 4.79 Å². The quantitative estimate of drug-likeness (QED) is 0.445. The van der Waals surface area contributed by atoms with Gasteiger partial charge in [-0.15, -0.1) is 0 Å². The van der Waals surface area contributed by atoms with Crippen LogP contribution in [0.5, 0.6) is 5.75 Å². The Balaban J connectivity index is 1.60. The third-order valence-electron chi connectivity index (χ3n) is 5.13. The van der Waals surface area contributed by atoms with Crippen molar-refractivity contribution in [3.8, 4) is 5.75 Å². The number of nitrogens with one attached hydrogen (secondary N) is 2. The molecule has 3 aromatic carbocycles. The second-order valence-corrected chi connectivity index (χ2v) is 8.19. The van der Waals surface area contributed by atoms with Crippen LogP contribution in [0.15, 0.2) is 66.7 Å². The number of benzene rings is 3. The highest BCUT2D eigenvalue weighted by Crippen LogP contribution is 2.51. The molecule has 4 rings (SSSR count). The number of amides is 3. The largest absolute Gasteiger partial charge is 0.472 e. The Kier molecular flexibility index (Phi) is 5.99. The van der Waals surface area contributed by atoms with Crippen molar-refractivity contribution >= 4 is 40.8 Å². The van der Waals surface area contributed by atoms with Gasteiger partial charge in [0, 0.05) is 38.8 Å². The summed E-state index contributed by atoms with van der Waals surface area (Å²) in [4.78, 5) is 25.1. The molecule has 3 amide bonds. The van der Waals surface area contributed by atoms with Gasteiger partial charge in [0.1, 0.15) is 5.75 Å². The number of carbonyl (C=O) groups is 2. The molecule has 0 aromatic heterocycles. The predicted molar refractivity (Wildman–Crippen MR) is 118 cm³/mol. The third-order valence-corrected chi connectivity index (χ3v) is 5.57. The molecule has 0 saturated carbocycles. The Morgan fingerprint density at radius 2 is 1.61 bits per heavy atom. The van der Waals surface area contributed by atoms with E-state index in [9.17, 15) is 22.8 Å². The third kappa shape index (κ3) is 4.49. The monoisotopic (exact) mass is 494 g/mol. The van der Waals surface area contributed by atoms with Gasteiger partial charge in [-0.2, -0.15) is 13.2 Å². The van der Waals surface area contributed by atoms with Gasteiger partial charge in [0.25, 0.3) is 5.91 Å². The number of hydrogen-bond acceptors (Lipinski definition) is 3. The number of anilines is 1. The van der Waals surface area contributed by atoms with E-state index < -0.39 is 30.1 Å². The lowest BCUT2D eigenvalue weighted by atomic mass is 9.87. The van der Waals surface area contributed by atoms with Crippen LogP contribution in [0.3, 0.4) is 0 Å². The minimum atomic E-state index is -4.76. The van der Waals surface area contributed by atoms with Gasteiger partial charge in [-0.3, -0.25) is 10.1 Å². The van der Waals surface area contributed by atoms with Gasteiger partial charge in [-0.05, 0) is 30.3 Å². The first-order valence-corrected chi connectivity index (χ1v) is 10.4. The number of fused-ring (bicyclic) bond motifs is 1. The summed E-state index contributed by atoms with van der Waals surface area (Å²) in [5.41, 5.74) is -2.55. The Morgan fingerprint density at radius 3 is 2.24 bits per heavy atom. The zero-order valence-corrected chi connectivity index (χ0v) is 18.2. The highest BCUT2D eigenvalue weighted by Gasteiger charge is 2.61. The highest BCUT2D eigenvalue weighted by atomic mass is 35.5. The minimum absolute atomic E-state index is 0.0507. The Morgan fingerprint density at radius 1 is 0.939 bits per heavy atom. The molecule has 1 aliphatic heterocycles. The summed E-state index contributed by atoms with van der Waals surface area (Å²) in [5, 5.41) is 5.05. The van der Waals surface area contributed by atoms with Crippen molar-refractivity contribution in [2.24, 2.45) is 0 Å². The van der Waals surface area contributed by atoms with Crippen LogP contribution in [0, 0.1) is 0 Å². The van der Waals surface area contributed by atoms with Gasteiger partial charge in [0.05, 0.1) is 0 Å². The van der Waals surface area contributed by atoms with Crippen LogP contribution in [0.4, 0.5) is 23.7 Å². The molecule has 3 aromatic rings. The van der Waals surface area contributed by atoms with Crippen LogP contribution in [0.25, 0.3) is 0 Å². The Labute approximate surface area is 196 Å². The highest BCUT2D eigenvalue weighted by molar-refractivity contribution is 6.35. The van der Waals surface area contributed by atoms with Crippen LogP contribution >= 0.6 is 23.2 Å². The van der Waals surface area contributed by atoms with Gasteiger partial charge >= 0.3 is 12.2 Å². The lowest BCUT2D eigenvalue weighted by Crippen LogP contribution is -2.46. The van der Waals surface area contributed by atoms with Crippen LogP contribution in [0.1, 0.15) is 21.5 Å². The maximum absolute atomic E-state index is 14.2. The molecular formula is C23H15Cl2F3N2O3. The van der Waals surface area contributed by atoms with E-state index >= 15 is 0 Å². The topological polar surface area (TPSA) is 67.4 Å². The molecule has 1 unspecified atom stereocenters. The van der Waals surface area contributed by atoms with E-state index in [4.69, 9.17) is 27.9 Å². The molecule has 33 heavy (non-hydrogen) atoms. The Bertz CT molecular complexity index is 1220. The molecule has 1 heterocycles. The second kappa shape index (κ2) is 8.61. The molecule has 0 saturated heterocycles. The van der Waals surface area contributed by atoms with Gasteiger partial charge in [0.2, 0.25) is 5.60 Å². The SMILES string of the molecule is O=C(NC(=O)c1cccc2c1CC(c1ccccc1)(C(F)(F)F)O2)Nc1cc(Cl)cc(Cl)c1. The summed E-state index contributed by atoms with van der Waals surface area (Å²) in [5.74, 6) is -0.960. The van der Waals surface area contributed by atoms with E-state index in [0.29, 0.717) is 0 Å². The first-order chi connectivity index (χ1) is 15.6. The van der Waals surface area contributed by atoms with E-state index in [1.54, 1.807) is 6.07 Å². The first-order valence-electron chi connectivity index (χ1n) is 9.61. The van der Waals surface area contributed by atoms with Crippen molar-refractivity contribution in [3.63, 3.8) is 0 Å². The molecule has 10 heteroatoms. The summed E-state index contributed by atoms with van der Waals surface area (Å²) in [6.07, 6.45) is -5.38. The molecular weight excluding hydrogens is 480 g/mol. The number of imide groups is 1. The number of urea groups is 1. The first kappa shape index (κ1) is 22.9. The number of hydrogen-bond donors (Lipinski definition) is 2. The van der Waals surface area contributed by atoms with E-state index in [2.05, 4.69) is 10.6 Å². The van der Waals surface area contributed by atoms with Crippen molar-refractivity contribution in [3.05, 3.63) is 93.5 Å². The normalized spacial score (nSPS) is 17.1. The standard InChI is InChI=1S/C23H15Cl2F3N2O3/c24-14-9-15(25)11-16(10-14)29-21(32)30-20(31)17-7-4-8-19-18(17)12-22(33-19,23(26,27)28)13-5-2-1-3-6-13/h1-11H,12H2,(H2,29,30,31,32). The molecule has 0 aliphatic carbocycles. The van der Waals surface area contributed by atoms with Crippen LogP contribution in [-0.4, -0.2) is 18.1 Å². The van der Waals surface area contributed by atoms with Crippen molar-refractivity contribution in [2.75, 3.05) is 5.32 Å². The number of halogens is 5. The fraction of sp³-hybridized carbons (Fsp3) is 0.130. The fourth-order valence-electron chi connectivity index (χ4n) is 3.68. The van der Waals surface area contributed by atoms with Crippen molar-refractivity contribution < 1.29 is 27.5 Å². The second-order valence-electron chi connectivity index (χ2n) is 7.32.